The van der Waals surface area contributed by atoms with Crippen LogP contribution in [0.1, 0.15) is 19.3 Å². The smallest absolute Gasteiger partial charge is 0.254 e. The quantitative estimate of drug-likeness (QED) is 0.811. The Bertz CT molecular complexity index is 456. The van der Waals surface area contributed by atoms with Crippen LogP contribution < -0.4 is 9.64 Å². The molecule has 5 heteroatoms. The summed E-state index contributed by atoms with van der Waals surface area (Å²) < 4.78 is 31.6. The molecule has 0 radical (unpaired) electrons. The lowest BCUT2D eigenvalue weighted by Gasteiger charge is -2.33. The molecule has 1 saturated carbocycles. The van der Waals surface area contributed by atoms with Crippen molar-refractivity contribution in [3.63, 3.8) is 0 Å². The minimum atomic E-state index is -2.43. The zero-order valence-electron chi connectivity index (χ0n) is 10.3. The van der Waals surface area contributed by atoms with Crippen LogP contribution in [0.3, 0.4) is 0 Å². The number of hydrogen-bond acceptors (Lipinski definition) is 3. The SMILES string of the molecule is COc1cccc(N2CCC3(CC2)CC3(F)F)n1. The standard InChI is InChI=1S/C13H16F2N2O/c1-18-11-4-2-3-10(16-11)17-7-5-12(6-8-17)9-13(12,14)15/h2-4H,5-9H2,1H3. The van der Waals surface area contributed by atoms with E-state index in [0.29, 0.717) is 31.8 Å². The van der Waals surface area contributed by atoms with Crippen LogP contribution in [0, 0.1) is 5.41 Å². The number of rotatable bonds is 2. The van der Waals surface area contributed by atoms with Crippen LogP contribution in [0.5, 0.6) is 5.88 Å². The summed E-state index contributed by atoms with van der Waals surface area (Å²) >= 11 is 0. The van der Waals surface area contributed by atoms with E-state index in [1.165, 1.54) is 0 Å². The zero-order valence-corrected chi connectivity index (χ0v) is 10.3. The van der Waals surface area contributed by atoms with Crippen molar-refractivity contribution in [2.45, 2.75) is 25.2 Å². The van der Waals surface area contributed by atoms with Gasteiger partial charge in [0, 0.05) is 31.0 Å². The fraction of sp³-hybridized carbons (Fsp3) is 0.615. The molecule has 0 amide bonds. The van der Waals surface area contributed by atoms with E-state index in [1.807, 2.05) is 12.1 Å². The molecule has 1 spiro atoms. The molecule has 1 saturated heterocycles. The molecule has 2 aliphatic rings. The van der Waals surface area contributed by atoms with Crippen molar-refractivity contribution in [3.05, 3.63) is 18.2 Å². The zero-order chi connectivity index (χ0) is 12.8. The molecule has 3 nitrogen and oxygen atoms in total. The van der Waals surface area contributed by atoms with Crippen LogP contribution in [0.2, 0.25) is 0 Å². The molecule has 0 atom stereocenters. The molecule has 98 valence electrons. The van der Waals surface area contributed by atoms with Crippen molar-refractivity contribution in [2.75, 3.05) is 25.1 Å². The molecular formula is C13H16F2N2O. The average Bonchev–Trinajstić information content (AvgIpc) is 2.91. The number of ether oxygens (including phenoxy) is 1. The third-order valence-corrected chi connectivity index (χ3v) is 4.17. The number of piperidine rings is 1. The Morgan fingerprint density at radius 3 is 2.50 bits per heavy atom. The van der Waals surface area contributed by atoms with Gasteiger partial charge >= 0.3 is 0 Å². The number of halogens is 2. The highest BCUT2D eigenvalue weighted by atomic mass is 19.3. The maximum absolute atomic E-state index is 13.3. The molecule has 2 heterocycles. The second-order valence-electron chi connectivity index (χ2n) is 5.19. The molecule has 2 fully saturated rings. The first-order chi connectivity index (χ1) is 8.56. The number of anilines is 1. The van der Waals surface area contributed by atoms with Gasteiger partial charge in [-0.3, -0.25) is 0 Å². The highest BCUT2D eigenvalue weighted by Gasteiger charge is 2.70. The fourth-order valence-electron chi connectivity index (χ4n) is 2.78. The van der Waals surface area contributed by atoms with Gasteiger partial charge in [0.15, 0.2) is 0 Å². The van der Waals surface area contributed by atoms with Crippen molar-refractivity contribution in [3.8, 4) is 5.88 Å². The Morgan fingerprint density at radius 1 is 1.28 bits per heavy atom. The van der Waals surface area contributed by atoms with Gasteiger partial charge < -0.3 is 9.64 Å². The Morgan fingerprint density at radius 2 is 1.94 bits per heavy atom. The summed E-state index contributed by atoms with van der Waals surface area (Å²) in [5.74, 6) is -1.06. The van der Waals surface area contributed by atoms with E-state index in [2.05, 4.69) is 9.88 Å². The molecule has 1 aromatic heterocycles. The molecule has 3 rings (SSSR count). The Kier molecular flexibility index (Phi) is 2.47. The fourth-order valence-corrected chi connectivity index (χ4v) is 2.78. The van der Waals surface area contributed by atoms with Crippen LogP contribution in [0.15, 0.2) is 18.2 Å². The van der Waals surface area contributed by atoms with Gasteiger partial charge in [-0.05, 0) is 18.9 Å². The van der Waals surface area contributed by atoms with E-state index < -0.39 is 11.3 Å². The summed E-state index contributed by atoms with van der Waals surface area (Å²) in [5.41, 5.74) is -0.706. The van der Waals surface area contributed by atoms with Gasteiger partial charge in [-0.25, -0.2) is 8.78 Å². The van der Waals surface area contributed by atoms with Crippen LogP contribution in [0.4, 0.5) is 14.6 Å². The van der Waals surface area contributed by atoms with Crippen molar-refractivity contribution < 1.29 is 13.5 Å². The molecule has 18 heavy (non-hydrogen) atoms. The van der Waals surface area contributed by atoms with E-state index in [9.17, 15) is 8.78 Å². The van der Waals surface area contributed by atoms with E-state index >= 15 is 0 Å². The van der Waals surface area contributed by atoms with Crippen molar-refractivity contribution in [1.82, 2.24) is 4.98 Å². The van der Waals surface area contributed by atoms with Crippen molar-refractivity contribution >= 4 is 5.82 Å². The van der Waals surface area contributed by atoms with Crippen LogP contribution in [-0.2, 0) is 0 Å². The molecule has 1 aromatic rings. The van der Waals surface area contributed by atoms with E-state index in [1.54, 1.807) is 13.2 Å². The summed E-state index contributed by atoms with van der Waals surface area (Å²) in [6, 6.07) is 5.55. The van der Waals surface area contributed by atoms with Gasteiger partial charge in [0.05, 0.1) is 7.11 Å². The summed E-state index contributed by atoms with van der Waals surface area (Å²) in [4.78, 5) is 6.39. The minimum absolute atomic E-state index is 0.0688. The van der Waals surface area contributed by atoms with Crippen molar-refractivity contribution in [1.29, 1.82) is 0 Å². The van der Waals surface area contributed by atoms with Gasteiger partial charge in [-0.2, -0.15) is 4.98 Å². The predicted octanol–water partition coefficient (Wildman–Crippen LogP) is 2.72. The second kappa shape index (κ2) is 3.80. The van der Waals surface area contributed by atoms with Crippen molar-refractivity contribution in [2.24, 2.45) is 5.41 Å². The maximum atomic E-state index is 13.3. The molecule has 0 N–H and O–H groups in total. The van der Waals surface area contributed by atoms with Crippen LogP contribution >= 0.6 is 0 Å². The number of pyridine rings is 1. The summed E-state index contributed by atoms with van der Waals surface area (Å²) in [6.07, 6.45) is 1.18. The highest BCUT2D eigenvalue weighted by molar-refractivity contribution is 5.41. The Balaban J connectivity index is 1.69. The maximum Gasteiger partial charge on any atom is 0.254 e. The number of alkyl halides is 2. The monoisotopic (exact) mass is 254 g/mol. The summed E-state index contributed by atoms with van der Waals surface area (Å²) in [7, 11) is 1.57. The lowest BCUT2D eigenvalue weighted by Crippen LogP contribution is -2.37. The lowest BCUT2D eigenvalue weighted by molar-refractivity contribution is 0.0536. The first kappa shape index (κ1) is 11.7. The first-order valence-electron chi connectivity index (χ1n) is 6.20. The third-order valence-electron chi connectivity index (χ3n) is 4.17. The topological polar surface area (TPSA) is 25.4 Å². The van der Waals surface area contributed by atoms with Gasteiger partial charge in [0.2, 0.25) is 5.88 Å². The van der Waals surface area contributed by atoms with Crippen LogP contribution in [0.25, 0.3) is 0 Å². The van der Waals surface area contributed by atoms with E-state index in [-0.39, 0.29) is 6.42 Å². The first-order valence-corrected chi connectivity index (χ1v) is 6.20. The number of aromatic nitrogens is 1. The molecule has 1 aliphatic carbocycles. The second-order valence-corrected chi connectivity index (χ2v) is 5.19. The summed E-state index contributed by atoms with van der Waals surface area (Å²) in [5, 5.41) is 0. The molecular weight excluding hydrogens is 238 g/mol. The number of hydrogen-bond donors (Lipinski definition) is 0. The molecule has 0 unspecified atom stereocenters. The highest BCUT2D eigenvalue weighted by Crippen LogP contribution is 2.65. The minimum Gasteiger partial charge on any atom is -0.481 e. The van der Waals surface area contributed by atoms with Gasteiger partial charge in [0.1, 0.15) is 5.82 Å². The van der Waals surface area contributed by atoms with Gasteiger partial charge in [0.25, 0.3) is 5.92 Å². The van der Waals surface area contributed by atoms with E-state index in [4.69, 9.17) is 4.74 Å². The number of methoxy groups -OCH3 is 1. The number of nitrogens with zero attached hydrogens (tertiary/aromatic N) is 2. The lowest BCUT2D eigenvalue weighted by atomic mass is 9.93. The Hall–Kier alpha value is -1.39. The molecule has 0 bridgehead atoms. The third kappa shape index (κ3) is 1.72. The van der Waals surface area contributed by atoms with Gasteiger partial charge in [-0.15, -0.1) is 0 Å². The normalized spacial score (nSPS) is 24.1. The van der Waals surface area contributed by atoms with E-state index in [0.717, 1.165) is 5.82 Å². The predicted molar refractivity (Wildman–Crippen MR) is 64.2 cm³/mol. The molecule has 1 aliphatic heterocycles. The summed E-state index contributed by atoms with van der Waals surface area (Å²) in [6.45, 7) is 1.30. The van der Waals surface area contributed by atoms with Crippen LogP contribution in [-0.4, -0.2) is 31.1 Å². The largest absolute Gasteiger partial charge is 0.481 e. The molecule has 0 aromatic carbocycles. The van der Waals surface area contributed by atoms with Gasteiger partial charge in [-0.1, -0.05) is 6.07 Å². The Labute approximate surface area is 105 Å². The average molecular weight is 254 g/mol.